The standard InChI is InChI=1S/C12H13Br2N3O3/c1-20-12(19)17-4-2-3-16(17)11(18)8-5-7(13)6-9(14)10(8)15/h5-6H,2-4,15H2,1H3. The molecule has 1 heterocycles. The lowest BCUT2D eigenvalue weighted by atomic mass is 10.1. The molecule has 20 heavy (non-hydrogen) atoms. The van der Waals surface area contributed by atoms with Gasteiger partial charge < -0.3 is 10.5 Å². The second-order valence-electron chi connectivity index (χ2n) is 4.22. The molecule has 1 aromatic carbocycles. The summed E-state index contributed by atoms with van der Waals surface area (Å²) in [7, 11) is 1.29. The van der Waals surface area contributed by atoms with Crippen LogP contribution in [0, 0.1) is 0 Å². The molecule has 0 aromatic heterocycles. The fraction of sp³-hybridized carbons (Fsp3) is 0.333. The summed E-state index contributed by atoms with van der Waals surface area (Å²) in [4.78, 5) is 24.2. The van der Waals surface area contributed by atoms with Crippen LogP contribution in [-0.2, 0) is 4.74 Å². The van der Waals surface area contributed by atoms with Gasteiger partial charge in [0.1, 0.15) is 0 Å². The molecule has 2 amide bonds. The van der Waals surface area contributed by atoms with Crippen LogP contribution in [0.3, 0.4) is 0 Å². The fourth-order valence-corrected chi connectivity index (χ4v) is 3.24. The number of hydrazine groups is 1. The second kappa shape index (κ2) is 6.01. The zero-order valence-corrected chi connectivity index (χ0v) is 13.9. The van der Waals surface area contributed by atoms with Gasteiger partial charge in [0.2, 0.25) is 0 Å². The average molecular weight is 407 g/mol. The molecule has 1 aliphatic heterocycles. The van der Waals surface area contributed by atoms with E-state index >= 15 is 0 Å². The van der Waals surface area contributed by atoms with E-state index in [1.165, 1.54) is 17.1 Å². The molecule has 1 aromatic rings. The lowest BCUT2D eigenvalue weighted by Gasteiger charge is -2.27. The van der Waals surface area contributed by atoms with E-state index in [2.05, 4.69) is 36.6 Å². The van der Waals surface area contributed by atoms with Gasteiger partial charge in [-0.3, -0.25) is 4.79 Å². The van der Waals surface area contributed by atoms with Crippen molar-refractivity contribution in [3.63, 3.8) is 0 Å². The first kappa shape index (κ1) is 15.1. The van der Waals surface area contributed by atoms with Crippen molar-refractivity contribution in [2.45, 2.75) is 6.42 Å². The Kier molecular flexibility index (Phi) is 4.54. The average Bonchev–Trinajstić information content (AvgIpc) is 2.90. The Morgan fingerprint density at radius 1 is 1.25 bits per heavy atom. The van der Waals surface area contributed by atoms with Gasteiger partial charge in [-0.2, -0.15) is 0 Å². The maximum Gasteiger partial charge on any atom is 0.428 e. The highest BCUT2D eigenvalue weighted by molar-refractivity contribution is 9.11. The smallest absolute Gasteiger partial charge is 0.428 e. The van der Waals surface area contributed by atoms with Gasteiger partial charge in [-0.15, -0.1) is 0 Å². The number of rotatable bonds is 1. The SMILES string of the molecule is COC(=O)N1CCCN1C(=O)c1cc(Br)cc(Br)c1N. The number of anilines is 1. The molecule has 0 atom stereocenters. The van der Waals surface area contributed by atoms with Gasteiger partial charge in [-0.05, 0) is 34.5 Å². The van der Waals surface area contributed by atoms with Crippen molar-refractivity contribution in [2.24, 2.45) is 0 Å². The van der Waals surface area contributed by atoms with Crippen molar-refractivity contribution >= 4 is 49.5 Å². The monoisotopic (exact) mass is 405 g/mol. The Bertz CT molecular complexity index is 565. The van der Waals surface area contributed by atoms with Crippen molar-refractivity contribution in [2.75, 3.05) is 25.9 Å². The zero-order chi connectivity index (χ0) is 14.9. The van der Waals surface area contributed by atoms with Gasteiger partial charge in [0.05, 0.1) is 18.4 Å². The van der Waals surface area contributed by atoms with Crippen LogP contribution in [0.4, 0.5) is 10.5 Å². The summed E-state index contributed by atoms with van der Waals surface area (Å²) in [5.41, 5.74) is 6.60. The van der Waals surface area contributed by atoms with Gasteiger partial charge in [0.15, 0.2) is 0 Å². The van der Waals surface area contributed by atoms with E-state index in [0.717, 1.165) is 4.47 Å². The number of carbonyl (C=O) groups is 2. The highest BCUT2D eigenvalue weighted by Crippen LogP contribution is 2.30. The quantitative estimate of drug-likeness (QED) is 0.727. The normalized spacial score (nSPS) is 14.6. The van der Waals surface area contributed by atoms with E-state index in [1.807, 2.05) is 0 Å². The van der Waals surface area contributed by atoms with Gasteiger partial charge >= 0.3 is 6.09 Å². The molecule has 0 bridgehead atoms. The molecule has 1 fully saturated rings. The van der Waals surface area contributed by atoms with E-state index in [9.17, 15) is 9.59 Å². The van der Waals surface area contributed by atoms with Crippen molar-refractivity contribution in [3.05, 3.63) is 26.6 Å². The van der Waals surface area contributed by atoms with E-state index in [0.29, 0.717) is 35.2 Å². The number of nitrogens with zero attached hydrogens (tertiary/aromatic N) is 2. The Balaban J connectivity index is 2.34. The topological polar surface area (TPSA) is 75.9 Å². The summed E-state index contributed by atoms with van der Waals surface area (Å²) in [5.74, 6) is -0.326. The molecule has 2 rings (SSSR count). The Labute approximate surface area is 133 Å². The van der Waals surface area contributed by atoms with Gasteiger partial charge in [-0.1, -0.05) is 15.9 Å². The van der Waals surface area contributed by atoms with Crippen molar-refractivity contribution in [1.29, 1.82) is 0 Å². The summed E-state index contributed by atoms with van der Waals surface area (Å²) in [6.45, 7) is 0.908. The number of halogens is 2. The van der Waals surface area contributed by atoms with Crippen LogP contribution < -0.4 is 5.73 Å². The van der Waals surface area contributed by atoms with E-state index in [1.54, 1.807) is 12.1 Å². The second-order valence-corrected chi connectivity index (χ2v) is 5.99. The third-order valence-corrected chi connectivity index (χ3v) is 4.09. The van der Waals surface area contributed by atoms with Crippen LogP contribution in [0.5, 0.6) is 0 Å². The first-order chi connectivity index (χ1) is 9.45. The highest BCUT2D eigenvalue weighted by Gasteiger charge is 2.33. The molecule has 0 unspecified atom stereocenters. The summed E-state index contributed by atoms with van der Waals surface area (Å²) in [6, 6.07) is 3.39. The molecule has 8 heteroatoms. The molecule has 0 saturated carbocycles. The number of methoxy groups -OCH3 is 1. The van der Waals surface area contributed by atoms with Crippen molar-refractivity contribution in [3.8, 4) is 0 Å². The third-order valence-electron chi connectivity index (χ3n) is 2.98. The fourth-order valence-electron chi connectivity index (χ4n) is 2.02. The van der Waals surface area contributed by atoms with E-state index in [4.69, 9.17) is 5.73 Å². The number of benzene rings is 1. The minimum Gasteiger partial charge on any atom is -0.452 e. The van der Waals surface area contributed by atoms with E-state index in [-0.39, 0.29) is 5.91 Å². The molecule has 108 valence electrons. The molecule has 0 aliphatic carbocycles. The summed E-state index contributed by atoms with van der Waals surface area (Å²) in [5, 5.41) is 2.65. The van der Waals surface area contributed by atoms with Crippen LogP contribution in [0.2, 0.25) is 0 Å². The minimum atomic E-state index is -0.552. The molecule has 6 nitrogen and oxygen atoms in total. The lowest BCUT2D eigenvalue weighted by molar-refractivity contribution is 0.0193. The first-order valence-corrected chi connectivity index (χ1v) is 7.46. The Morgan fingerprint density at radius 3 is 2.55 bits per heavy atom. The molecule has 0 spiro atoms. The zero-order valence-electron chi connectivity index (χ0n) is 10.7. The molecule has 2 N–H and O–H groups in total. The summed E-state index contributed by atoms with van der Waals surface area (Å²) >= 11 is 6.62. The largest absolute Gasteiger partial charge is 0.452 e. The highest BCUT2D eigenvalue weighted by atomic mass is 79.9. The lowest BCUT2D eigenvalue weighted by Crippen LogP contribution is -2.45. The van der Waals surface area contributed by atoms with E-state index < -0.39 is 6.09 Å². The molecular formula is C12H13Br2N3O3. The number of hydrogen-bond acceptors (Lipinski definition) is 4. The van der Waals surface area contributed by atoms with Crippen LogP contribution in [0.25, 0.3) is 0 Å². The summed E-state index contributed by atoms with van der Waals surface area (Å²) in [6.07, 6.45) is 0.152. The molecule has 0 radical (unpaired) electrons. The predicted molar refractivity (Wildman–Crippen MR) is 81.0 cm³/mol. The molecule has 1 aliphatic rings. The molecule has 1 saturated heterocycles. The van der Waals surface area contributed by atoms with Crippen LogP contribution in [0.15, 0.2) is 21.1 Å². The van der Waals surface area contributed by atoms with Crippen molar-refractivity contribution in [1.82, 2.24) is 10.0 Å². The minimum absolute atomic E-state index is 0.326. The number of nitrogen functional groups attached to an aromatic ring is 1. The number of carbonyl (C=O) groups excluding carboxylic acids is 2. The third kappa shape index (κ3) is 2.76. The number of amides is 2. The van der Waals surface area contributed by atoms with Crippen LogP contribution in [-0.4, -0.2) is 42.2 Å². The van der Waals surface area contributed by atoms with Crippen LogP contribution in [0.1, 0.15) is 16.8 Å². The Morgan fingerprint density at radius 2 is 1.90 bits per heavy atom. The van der Waals surface area contributed by atoms with Gasteiger partial charge in [0.25, 0.3) is 5.91 Å². The van der Waals surface area contributed by atoms with Crippen LogP contribution >= 0.6 is 31.9 Å². The van der Waals surface area contributed by atoms with Crippen molar-refractivity contribution < 1.29 is 14.3 Å². The Hall–Kier alpha value is -1.28. The maximum absolute atomic E-state index is 12.6. The predicted octanol–water partition coefficient (Wildman–Crippen LogP) is 2.62. The first-order valence-electron chi connectivity index (χ1n) is 5.87. The number of nitrogens with two attached hydrogens (primary N) is 1. The maximum atomic E-state index is 12.6. The van der Waals surface area contributed by atoms with Gasteiger partial charge in [-0.25, -0.2) is 14.8 Å². The van der Waals surface area contributed by atoms with Gasteiger partial charge in [0, 0.05) is 22.0 Å². The summed E-state index contributed by atoms with van der Waals surface area (Å²) < 4.78 is 6.02. The number of hydrogen-bond donors (Lipinski definition) is 1. The number of ether oxygens (including phenoxy) is 1. The molecular weight excluding hydrogens is 394 g/mol.